The van der Waals surface area contributed by atoms with Crippen molar-refractivity contribution in [2.75, 3.05) is 18.1 Å². The third-order valence-corrected chi connectivity index (χ3v) is 6.32. The number of nitrogens with one attached hydrogen (secondary N) is 1. The second-order valence-electron chi connectivity index (χ2n) is 5.14. The molecule has 1 aliphatic heterocycles. The van der Waals surface area contributed by atoms with Gasteiger partial charge in [-0.1, -0.05) is 6.07 Å². The van der Waals surface area contributed by atoms with Crippen LogP contribution in [0.5, 0.6) is 0 Å². The molecular weight excluding hydrogens is 310 g/mol. The van der Waals surface area contributed by atoms with E-state index in [1.165, 1.54) is 25.1 Å². The largest absolute Gasteiger partial charge is 0.478 e. The third kappa shape index (κ3) is 3.99. The molecule has 116 valence electrons. The van der Waals surface area contributed by atoms with Crippen LogP contribution in [0.1, 0.15) is 28.8 Å². The highest BCUT2D eigenvalue weighted by molar-refractivity contribution is 7.99. The Morgan fingerprint density at radius 2 is 2.05 bits per heavy atom. The predicted octanol–water partition coefficient (Wildman–Crippen LogP) is 2.11. The molecule has 1 heterocycles. The normalized spacial score (nSPS) is 16.8. The van der Waals surface area contributed by atoms with Crippen molar-refractivity contribution >= 4 is 27.8 Å². The van der Waals surface area contributed by atoms with Crippen LogP contribution >= 0.6 is 11.8 Å². The molecule has 1 fully saturated rings. The number of thioether (sulfide) groups is 1. The van der Waals surface area contributed by atoms with E-state index in [0.29, 0.717) is 12.5 Å². The highest BCUT2D eigenvalue weighted by atomic mass is 32.2. The van der Waals surface area contributed by atoms with Crippen LogP contribution in [0.4, 0.5) is 0 Å². The van der Waals surface area contributed by atoms with E-state index in [0.717, 1.165) is 24.3 Å². The summed E-state index contributed by atoms with van der Waals surface area (Å²) in [6.45, 7) is 1.94. The van der Waals surface area contributed by atoms with Gasteiger partial charge in [0.1, 0.15) is 0 Å². The predicted molar refractivity (Wildman–Crippen MR) is 83.4 cm³/mol. The quantitative estimate of drug-likeness (QED) is 0.864. The molecule has 2 rings (SSSR count). The van der Waals surface area contributed by atoms with Gasteiger partial charge in [0, 0.05) is 6.54 Å². The Bertz CT molecular complexity index is 622. The molecule has 1 aromatic rings. The van der Waals surface area contributed by atoms with Crippen molar-refractivity contribution < 1.29 is 18.3 Å². The minimum absolute atomic E-state index is 0.0203. The maximum atomic E-state index is 12.4. The van der Waals surface area contributed by atoms with Crippen LogP contribution in [-0.4, -0.2) is 37.5 Å². The Balaban J connectivity index is 2.15. The number of rotatable bonds is 5. The van der Waals surface area contributed by atoms with E-state index in [4.69, 9.17) is 5.11 Å². The van der Waals surface area contributed by atoms with Crippen molar-refractivity contribution in [1.29, 1.82) is 0 Å². The molecule has 0 saturated carbocycles. The van der Waals surface area contributed by atoms with Crippen molar-refractivity contribution in [2.24, 2.45) is 5.92 Å². The first-order chi connectivity index (χ1) is 9.92. The molecule has 0 aliphatic carbocycles. The summed E-state index contributed by atoms with van der Waals surface area (Å²) in [5.41, 5.74) is 0.295. The highest BCUT2D eigenvalue weighted by Gasteiger charge is 2.22. The van der Waals surface area contributed by atoms with Gasteiger partial charge in [0.15, 0.2) is 0 Å². The number of hydrogen-bond donors (Lipinski definition) is 2. The van der Waals surface area contributed by atoms with Gasteiger partial charge < -0.3 is 5.11 Å². The smallest absolute Gasteiger partial charge is 0.335 e. The summed E-state index contributed by atoms with van der Waals surface area (Å²) in [5.74, 6) is 1.39. The average molecular weight is 329 g/mol. The summed E-state index contributed by atoms with van der Waals surface area (Å²) in [6.07, 6.45) is 2.03. The minimum atomic E-state index is -3.67. The molecule has 1 aromatic carbocycles. The molecule has 0 unspecified atom stereocenters. The molecule has 21 heavy (non-hydrogen) atoms. The number of sulfonamides is 1. The lowest BCUT2D eigenvalue weighted by Gasteiger charge is -2.21. The molecule has 0 aromatic heterocycles. The van der Waals surface area contributed by atoms with Crippen molar-refractivity contribution in [3.8, 4) is 0 Å². The SMILES string of the molecule is Cc1c(C(=O)O)cccc1S(=O)(=O)NCC1CCSCC1. The molecule has 0 amide bonds. The van der Waals surface area contributed by atoms with E-state index < -0.39 is 16.0 Å². The average Bonchev–Trinajstić information content (AvgIpc) is 2.46. The zero-order chi connectivity index (χ0) is 15.5. The highest BCUT2D eigenvalue weighted by Crippen LogP contribution is 2.23. The second-order valence-corrected chi connectivity index (χ2v) is 8.10. The van der Waals surface area contributed by atoms with Crippen molar-refractivity contribution in [1.82, 2.24) is 4.72 Å². The Kier molecular flexibility index (Phi) is 5.29. The minimum Gasteiger partial charge on any atom is -0.478 e. The molecule has 0 radical (unpaired) electrons. The fraction of sp³-hybridized carbons (Fsp3) is 0.500. The first kappa shape index (κ1) is 16.3. The van der Waals surface area contributed by atoms with Crippen LogP contribution < -0.4 is 4.72 Å². The maximum absolute atomic E-state index is 12.4. The van der Waals surface area contributed by atoms with Gasteiger partial charge in [-0.25, -0.2) is 17.9 Å². The van der Waals surface area contributed by atoms with Crippen molar-refractivity contribution in [2.45, 2.75) is 24.7 Å². The molecule has 0 atom stereocenters. The number of hydrogen-bond acceptors (Lipinski definition) is 4. The van der Waals surface area contributed by atoms with Gasteiger partial charge in [-0.15, -0.1) is 0 Å². The van der Waals surface area contributed by atoms with Crippen molar-refractivity contribution in [3.05, 3.63) is 29.3 Å². The fourth-order valence-electron chi connectivity index (χ4n) is 2.39. The van der Waals surface area contributed by atoms with E-state index in [1.54, 1.807) is 0 Å². The Labute approximate surface area is 129 Å². The molecule has 5 nitrogen and oxygen atoms in total. The van der Waals surface area contributed by atoms with Crippen molar-refractivity contribution in [3.63, 3.8) is 0 Å². The maximum Gasteiger partial charge on any atom is 0.335 e. The standard InChI is InChI=1S/C14H19NO4S2/c1-10-12(14(16)17)3-2-4-13(10)21(18,19)15-9-11-5-7-20-8-6-11/h2-4,11,15H,5-9H2,1H3,(H,16,17). The topological polar surface area (TPSA) is 83.5 Å². The van der Waals surface area contributed by atoms with E-state index in [1.807, 2.05) is 11.8 Å². The van der Waals surface area contributed by atoms with Crippen LogP contribution in [-0.2, 0) is 10.0 Å². The molecule has 7 heteroatoms. The lowest BCUT2D eigenvalue weighted by atomic mass is 10.0. The number of carboxylic acids is 1. The molecular formula is C14H19NO4S2. The molecule has 0 bridgehead atoms. The first-order valence-corrected chi connectivity index (χ1v) is 9.46. The molecule has 2 N–H and O–H groups in total. The summed E-state index contributed by atoms with van der Waals surface area (Å²) in [4.78, 5) is 11.1. The van der Waals surface area contributed by atoms with Crippen LogP contribution in [0.25, 0.3) is 0 Å². The summed E-state index contributed by atoms with van der Waals surface area (Å²) in [6, 6.07) is 4.32. The summed E-state index contributed by atoms with van der Waals surface area (Å²) in [5, 5.41) is 9.07. The number of carboxylic acid groups (broad SMARTS) is 1. The molecule has 1 aliphatic rings. The van der Waals surface area contributed by atoms with Crippen LogP contribution in [0.15, 0.2) is 23.1 Å². The van der Waals surface area contributed by atoms with Crippen LogP contribution in [0, 0.1) is 12.8 Å². The van der Waals surface area contributed by atoms with Gasteiger partial charge in [-0.3, -0.25) is 0 Å². The molecule has 0 spiro atoms. The number of aromatic carboxylic acids is 1. The van der Waals surface area contributed by atoms with E-state index in [2.05, 4.69) is 4.72 Å². The first-order valence-electron chi connectivity index (χ1n) is 6.82. The Morgan fingerprint density at radius 3 is 2.67 bits per heavy atom. The summed E-state index contributed by atoms with van der Waals surface area (Å²) in [7, 11) is -3.67. The second kappa shape index (κ2) is 6.81. The van der Waals surface area contributed by atoms with Gasteiger partial charge in [0.05, 0.1) is 10.5 Å². The summed E-state index contributed by atoms with van der Waals surface area (Å²) >= 11 is 1.89. The van der Waals surface area contributed by atoms with Crippen LogP contribution in [0.3, 0.4) is 0 Å². The number of benzene rings is 1. The van der Waals surface area contributed by atoms with Crippen LogP contribution in [0.2, 0.25) is 0 Å². The van der Waals surface area contributed by atoms with E-state index in [9.17, 15) is 13.2 Å². The van der Waals surface area contributed by atoms with Gasteiger partial charge in [0.2, 0.25) is 10.0 Å². The van der Waals surface area contributed by atoms with E-state index in [-0.39, 0.29) is 16.0 Å². The Morgan fingerprint density at radius 1 is 1.38 bits per heavy atom. The lowest BCUT2D eigenvalue weighted by Crippen LogP contribution is -2.31. The van der Waals surface area contributed by atoms with E-state index >= 15 is 0 Å². The summed E-state index contributed by atoms with van der Waals surface area (Å²) < 4.78 is 27.3. The van der Waals surface area contributed by atoms with Gasteiger partial charge >= 0.3 is 5.97 Å². The Hall–Kier alpha value is -1.05. The zero-order valence-electron chi connectivity index (χ0n) is 11.8. The molecule has 1 saturated heterocycles. The zero-order valence-corrected chi connectivity index (χ0v) is 13.5. The fourth-order valence-corrected chi connectivity index (χ4v) is 4.98. The van der Waals surface area contributed by atoms with Gasteiger partial charge in [0.25, 0.3) is 0 Å². The number of carbonyl (C=O) groups is 1. The lowest BCUT2D eigenvalue weighted by molar-refractivity contribution is 0.0696. The monoisotopic (exact) mass is 329 g/mol. The third-order valence-electron chi connectivity index (χ3n) is 3.71. The van der Waals surface area contributed by atoms with Gasteiger partial charge in [-0.2, -0.15) is 11.8 Å². The van der Waals surface area contributed by atoms with Gasteiger partial charge in [-0.05, 0) is 54.9 Å².